The normalized spacial score (nSPS) is 17.7. The van der Waals surface area contributed by atoms with Gasteiger partial charge in [-0.3, -0.25) is 0 Å². The maximum atomic E-state index is 4.01. The number of rotatable bonds is 8. The molecule has 1 atom stereocenters. The summed E-state index contributed by atoms with van der Waals surface area (Å²) in [5.41, 5.74) is 31.6. The molecule has 1 unspecified atom stereocenters. The largest absolute Gasteiger partial charge is 0.0988 e. The van der Waals surface area contributed by atoms with Crippen molar-refractivity contribution in [2.45, 2.75) is 90.9 Å². The quantitative estimate of drug-likeness (QED) is 0.108. The topological polar surface area (TPSA) is 0 Å². The summed E-state index contributed by atoms with van der Waals surface area (Å²) in [6.45, 7) is 25.0. The summed E-state index contributed by atoms with van der Waals surface area (Å²) in [5.74, 6) is 0. The summed E-state index contributed by atoms with van der Waals surface area (Å²) >= 11 is 0. The summed E-state index contributed by atoms with van der Waals surface area (Å²) in [5, 5.41) is 0. The van der Waals surface area contributed by atoms with Crippen LogP contribution in [0.3, 0.4) is 0 Å². The van der Waals surface area contributed by atoms with Crippen LogP contribution < -0.4 is 0 Å². The summed E-state index contributed by atoms with van der Waals surface area (Å²) in [7, 11) is 0. The average molecular weight is 805 g/mol. The lowest BCUT2D eigenvalue weighted by atomic mass is 9.69. The number of fused-ring (bicyclic) bond motifs is 13. The molecule has 5 aromatic rings. The number of benzene rings is 5. The molecule has 10 rings (SSSR count). The molecule has 0 aromatic heterocycles. The van der Waals surface area contributed by atoms with E-state index in [1.54, 1.807) is 0 Å². The maximum Gasteiger partial charge on any atom is 0.0722 e. The lowest BCUT2D eigenvalue weighted by Gasteiger charge is -2.31. The van der Waals surface area contributed by atoms with Crippen LogP contribution in [-0.2, 0) is 10.8 Å². The number of allylic oxidation sites excluding steroid dienone is 11. The van der Waals surface area contributed by atoms with E-state index in [1.807, 2.05) is 18.2 Å². The third-order valence-corrected chi connectivity index (χ3v) is 13.4. The SMILES string of the molecule is C=C/C(=C\CCC)CCC.C=Cc1cccc(-c2ccc3c(c2)C(C)(C)C2=CC(C)=C=C=C23)c1C=C.Cc1ccc2c(c1)C1(C3=CCCC=C3c3ccccc31)c1ccccc1-2. The first-order valence-electron chi connectivity index (χ1n) is 22.7. The van der Waals surface area contributed by atoms with Crippen LogP contribution in [0.2, 0.25) is 0 Å². The van der Waals surface area contributed by atoms with Gasteiger partial charge in [0, 0.05) is 11.0 Å². The fourth-order valence-corrected chi connectivity index (χ4v) is 10.4. The highest BCUT2D eigenvalue weighted by Crippen LogP contribution is 2.64. The van der Waals surface area contributed by atoms with Crippen molar-refractivity contribution in [3.63, 3.8) is 0 Å². The van der Waals surface area contributed by atoms with Gasteiger partial charge in [-0.05, 0) is 141 Å². The predicted molar refractivity (Wildman–Crippen MR) is 269 cm³/mol. The van der Waals surface area contributed by atoms with Gasteiger partial charge in [0.2, 0.25) is 0 Å². The first-order chi connectivity index (χ1) is 30.1. The van der Waals surface area contributed by atoms with Crippen LogP contribution in [0.15, 0.2) is 187 Å². The van der Waals surface area contributed by atoms with Gasteiger partial charge in [-0.2, -0.15) is 0 Å². The Balaban J connectivity index is 0.000000141. The van der Waals surface area contributed by atoms with Crippen molar-refractivity contribution in [2.75, 3.05) is 0 Å². The average Bonchev–Trinajstić information content (AvgIpc) is 3.85. The van der Waals surface area contributed by atoms with E-state index >= 15 is 0 Å². The van der Waals surface area contributed by atoms with Crippen LogP contribution in [0.5, 0.6) is 0 Å². The van der Waals surface area contributed by atoms with Crippen molar-refractivity contribution < 1.29 is 0 Å². The third kappa shape index (κ3) is 7.09. The van der Waals surface area contributed by atoms with Gasteiger partial charge in [-0.15, -0.1) is 0 Å². The monoisotopic (exact) mass is 804 g/mol. The summed E-state index contributed by atoms with van der Waals surface area (Å²) in [6.07, 6.45) is 22.4. The standard InChI is InChI=1S/C26H20.C26H22.C10H18/c1-17-14-15-21-20-10-4-7-13-24(20)26(25(21)16-17)22-11-5-2-8-18(22)19-9-3-6-12-23(19)26;1-6-18-9-8-10-21(20(18)7-2)19-12-14-23-22-13-11-17(3)15-24(22)26(4,5)25(23)16-19;1-4-7-9-10(6-3)8-5-2/h2,4-5,7-16H,3,6H2,1H3;6-10,12,14-16H,1-2H2,3-5H3;6,9H,3-5,7-8H2,1-2H3/b;;10-9+. The molecule has 1 spiro atoms. The molecule has 0 heteroatoms. The van der Waals surface area contributed by atoms with Crippen molar-refractivity contribution in [3.05, 3.63) is 237 Å². The van der Waals surface area contributed by atoms with E-state index in [-0.39, 0.29) is 10.8 Å². The summed E-state index contributed by atoms with van der Waals surface area (Å²) in [4.78, 5) is 0. The zero-order chi connectivity index (χ0) is 43.6. The molecule has 0 aliphatic heterocycles. The Morgan fingerprint density at radius 3 is 2.06 bits per heavy atom. The zero-order valence-electron chi connectivity index (χ0n) is 37.7. The van der Waals surface area contributed by atoms with E-state index in [4.69, 9.17) is 0 Å². The van der Waals surface area contributed by atoms with Crippen molar-refractivity contribution >= 4 is 23.3 Å². The minimum Gasteiger partial charge on any atom is -0.0988 e. The van der Waals surface area contributed by atoms with Gasteiger partial charge in [0.15, 0.2) is 0 Å². The molecule has 0 nitrogen and oxygen atoms in total. The Bertz CT molecular complexity index is 2870. The van der Waals surface area contributed by atoms with Crippen LogP contribution in [0.25, 0.3) is 45.6 Å². The second-order valence-corrected chi connectivity index (χ2v) is 17.7. The molecule has 0 saturated carbocycles. The maximum absolute atomic E-state index is 4.01. The van der Waals surface area contributed by atoms with Crippen molar-refractivity contribution in [1.29, 1.82) is 0 Å². The Labute approximate surface area is 371 Å². The molecule has 62 heavy (non-hydrogen) atoms. The molecule has 5 aliphatic rings. The van der Waals surface area contributed by atoms with E-state index < -0.39 is 0 Å². The molecule has 5 aliphatic carbocycles. The smallest absolute Gasteiger partial charge is 0.0722 e. The fraction of sp³-hybridized carbons (Fsp3) is 0.226. The van der Waals surface area contributed by atoms with E-state index in [0.717, 1.165) is 29.5 Å². The molecule has 0 saturated heterocycles. The Kier molecular flexibility index (Phi) is 11.9. The zero-order valence-corrected chi connectivity index (χ0v) is 37.7. The van der Waals surface area contributed by atoms with Gasteiger partial charge in [-0.25, -0.2) is 0 Å². The molecule has 308 valence electrons. The van der Waals surface area contributed by atoms with Gasteiger partial charge < -0.3 is 0 Å². The molecule has 0 amide bonds. The Morgan fingerprint density at radius 1 is 0.645 bits per heavy atom. The van der Waals surface area contributed by atoms with E-state index in [1.165, 1.54) is 115 Å². The molecule has 0 radical (unpaired) electrons. The minimum atomic E-state index is -0.138. The van der Waals surface area contributed by atoms with Crippen molar-refractivity contribution in [2.24, 2.45) is 0 Å². The van der Waals surface area contributed by atoms with Gasteiger partial charge in [0.05, 0.1) is 5.41 Å². The van der Waals surface area contributed by atoms with Crippen molar-refractivity contribution in [1.82, 2.24) is 0 Å². The Hall–Kier alpha value is -6.42. The lowest BCUT2D eigenvalue weighted by molar-refractivity contribution is 0.660. The van der Waals surface area contributed by atoms with Gasteiger partial charge in [-0.1, -0.05) is 216 Å². The highest BCUT2D eigenvalue weighted by atomic mass is 14.5. The highest BCUT2D eigenvalue weighted by Gasteiger charge is 2.53. The lowest BCUT2D eigenvalue weighted by Crippen LogP contribution is -2.26. The predicted octanol–water partition coefficient (Wildman–Crippen LogP) is 17.1. The van der Waals surface area contributed by atoms with Crippen LogP contribution in [0, 0.1) is 6.92 Å². The van der Waals surface area contributed by atoms with E-state index in [9.17, 15) is 0 Å². The van der Waals surface area contributed by atoms with E-state index in [2.05, 4.69) is 200 Å². The molecular weight excluding hydrogens is 745 g/mol. The first-order valence-corrected chi connectivity index (χ1v) is 22.7. The number of hydrogen-bond donors (Lipinski definition) is 0. The van der Waals surface area contributed by atoms with Crippen LogP contribution >= 0.6 is 0 Å². The van der Waals surface area contributed by atoms with Crippen molar-refractivity contribution in [3.8, 4) is 22.3 Å². The first kappa shape index (κ1) is 42.3. The minimum absolute atomic E-state index is 0.0403. The second-order valence-electron chi connectivity index (χ2n) is 17.7. The molecule has 0 fully saturated rings. The molecule has 0 bridgehead atoms. The number of unbranched alkanes of at least 4 members (excludes halogenated alkanes) is 1. The molecule has 0 N–H and O–H groups in total. The molecule has 0 heterocycles. The van der Waals surface area contributed by atoms with Gasteiger partial charge in [0.1, 0.15) is 0 Å². The van der Waals surface area contributed by atoms with Gasteiger partial charge in [0.25, 0.3) is 0 Å². The third-order valence-electron chi connectivity index (χ3n) is 13.4. The highest BCUT2D eigenvalue weighted by molar-refractivity contribution is 6.00. The number of aryl methyl sites for hydroxylation is 1. The molecular formula is C62H60. The van der Waals surface area contributed by atoms with Gasteiger partial charge >= 0.3 is 0 Å². The van der Waals surface area contributed by atoms with Crippen LogP contribution in [0.1, 0.15) is 123 Å². The molecule has 5 aromatic carbocycles. The fourth-order valence-electron chi connectivity index (χ4n) is 10.4. The van der Waals surface area contributed by atoms with Crippen LogP contribution in [0.4, 0.5) is 0 Å². The Morgan fingerprint density at radius 2 is 1.34 bits per heavy atom. The number of hydrogen-bond acceptors (Lipinski definition) is 0. The van der Waals surface area contributed by atoms with E-state index in [0.29, 0.717) is 0 Å². The summed E-state index contributed by atoms with van der Waals surface area (Å²) in [6, 6.07) is 38.1. The summed E-state index contributed by atoms with van der Waals surface area (Å²) < 4.78 is 0. The van der Waals surface area contributed by atoms with Crippen LogP contribution in [-0.4, -0.2) is 0 Å². The second kappa shape index (κ2) is 17.5.